The minimum Gasteiger partial charge on any atom is -0.481 e. The van der Waals surface area contributed by atoms with Crippen molar-refractivity contribution in [2.75, 3.05) is 0 Å². The van der Waals surface area contributed by atoms with Crippen molar-refractivity contribution in [2.24, 2.45) is 51.2 Å². The molecule has 206 valence electrons. The molecule has 0 heterocycles. The van der Waals surface area contributed by atoms with Gasteiger partial charge in [0, 0.05) is 0 Å². The van der Waals surface area contributed by atoms with Crippen LogP contribution in [0, 0.1) is 51.2 Å². The summed E-state index contributed by atoms with van der Waals surface area (Å²) >= 11 is 0. The number of hydrogen-bond donors (Lipinski definition) is 4. The second-order valence-electron chi connectivity index (χ2n) is 15.0. The second-order valence-corrected chi connectivity index (χ2v) is 15.0. The van der Waals surface area contributed by atoms with Crippen LogP contribution in [-0.4, -0.2) is 44.2 Å². The van der Waals surface area contributed by atoms with Gasteiger partial charge in [0.25, 0.3) is 0 Å². The summed E-state index contributed by atoms with van der Waals surface area (Å²) in [6.45, 7) is 19.2. The Labute approximate surface area is 218 Å². The Kier molecular flexibility index (Phi) is 6.88. The van der Waals surface area contributed by atoms with Gasteiger partial charge in [-0.3, -0.25) is 4.79 Å². The highest BCUT2D eigenvalue weighted by atomic mass is 16.4. The Morgan fingerprint density at radius 2 is 1.61 bits per heavy atom. The van der Waals surface area contributed by atoms with E-state index in [1.54, 1.807) is 6.92 Å². The van der Waals surface area contributed by atoms with Crippen molar-refractivity contribution in [2.45, 2.75) is 124 Å². The van der Waals surface area contributed by atoms with E-state index < -0.39 is 23.6 Å². The predicted octanol–water partition coefficient (Wildman–Crippen LogP) is 5.81. The van der Waals surface area contributed by atoms with Gasteiger partial charge in [-0.15, -0.1) is 0 Å². The zero-order valence-electron chi connectivity index (χ0n) is 23.8. The van der Waals surface area contributed by atoms with Crippen LogP contribution in [0.15, 0.2) is 12.2 Å². The summed E-state index contributed by atoms with van der Waals surface area (Å²) in [5.74, 6) is -0.755. The van der Waals surface area contributed by atoms with Crippen LogP contribution in [0.1, 0.15) is 106 Å². The molecule has 5 heteroatoms. The molecule has 0 amide bonds. The Balaban J connectivity index is 1.63. The second kappa shape index (κ2) is 8.81. The third-order valence-electron chi connectivity index (χ3n) is 13.0. The molecule has 0 radical (unpaired) electrons. The van der Waals surface area contributed by atoms with Crippen molar-refractivity contribution in [1.29, 1.82) is 0 Å². The summed E-state index contributed by atoms with van der Waals surface area (Å²) in [6, 6.07) is 0. The molecule has 0 bridgehead atoms. The van der Waals surface area contributed by atoms with Crippen molar-refractivity contribution in [1.82, 2.24) is 0 Å². The number of carbonyl (C=O) groups is 1. The number of aliphatic hydroxyl groups is 3. The molecule has 11 atom stereocenters. The summed E-state index contributed by atoms with van der Waals surface area (Å²) in [4.78, 5) is 11.7. The van der Waals surface area contributed by atoms with Crippen LogP contribution >= 0.6 is 0 Å². The Morgan fingerprint density at radius 1 is 1.00 bits per heavy atom. The van der Waals surface area contributed by atoms with Crippen molar-refractivity contribution >= 4 is 5.97 Å². The van der Waals surface area contributed by atoms with Crippen LogP contribution in [-0.2, 0) is 4.79 Å². The third-order valence-corrected chi connectivity index (χ3v) is 13.0. The number of aliphatic carboxylic acids is 1. The highest BCUT2D eigenvalue weighted by molar-refractivity contribution is 5.73. The first-order valence-corrected chi connectivity index (χ1v) is 14.4. The summed E-state index contributed by atoms with van der Waals surface area (Å²) in [5.41, 5.74) is -0.475. The fraction of sp³-hybridized carbons (Fsp3) is 0.903. The standard InChI is InChI=1S/C31H52O5/c1-18(2)19(26(34)35)9-16-31(8,36)20-10-14-30(7)25(20)21(32)17-23-28(5)13-12-24(33)27(3,4)22(28)11-15-29(23,30)6/h19-25,32-33,36H,1,9-17H2,2-8H3,(H,34,35)/t19-,20-,21+,22?,23?,24-,25?,28-,29+,30+,31-/m0/s1. The molecule has 4 aliphatic rings. The lowest BCUT2D eigenvalue weighted by molar-refractivity contribution is -0.246. The third kappa shape index (κ3) is 3.85. The molecule has 4 aliphatic carbocycles. The normalized spacial score (nSPS) is 48.2. The Bertz CT molecular complexity index is 879. The van der Waals surface area contributed by atoms with Gasteiger partial charge in [0.15, 0.2) is 0 Å². The summed E-state index contributed by atoms with van der Waals surface area (Å²) < 4.78 is 0. The van der Waals surface area contributed by atoms with Crippen LogP contribution < -0.4 is 0 Å². The van der Waals surface area contributed by atoms with Crippen LogP contribution in [0.4, 0.5) is 0 Å². The molecule has 4 N–H and O–H groups in total. The molecule has 0 spiro atoms. The zero-order chi connectivity index (χ0) is 27.1. The van der Waals surface area contributed by atoms with Crippen molar-refractivity contribution in [3.63, 3.8) is 0 Å². The number of carboxylic acid groups (broad SMARTS) is 1. The Morgan fingerprint density at radius 3 is 2.19 bits per heavy atom. The van der Waals surface area contributed by atoms with Crippen molar-refractivity contribution < 1.29 is 25.2 Å². The van der Waals surface area contributed by atoms with Gasteiger partial charge < -0.3 is 20.4 Å². The highest BCUT2D eigenvalue weighted by Gasteiger charge is 2.71. The van der Waals surface area contributed by atoms with Gasteiger partial charge in [-0.25, -0.2) is 0 Å². The van der Waals surface area contributed by atoms with E-state index in [9.17, 15) is 25.2 Å². The van der Waals surface area contributed by atoms with Gasteiger partial charge >= 0.3 is 5.97 Å². The largest absolute Gasteiger partial charge is 0.481 e. The monoisotopic (exact) mass is 504 g/mol. The van der Waals surface area contributed by atoms with Crippen LogP contribution in [0.2, 0.25) is 0 Å². The van der Waals surface area contributed by atoms with E-state index in [1.165, 1.54) is 0 Å². The first-order valence-electron chi connectivity index (χ1n) is 14.4. The molecule has 0 aromatic heterocycles. The first-order chi connectivity index (χ1) is 16.4. The van der Waals surface area contributed by atoms with Crippen molar-refractivity contribution in [3.05, 3.63) is 12.2 Å². The molecule has 0 saturated heterocycles. The van der Waals surface area contributed by atoms with Gasteiger partial charge in [-0.1, -0.05) is 46.8 Å². The van der Waals surface area contributed by atoms with E-state index in [0.717, 1.165) is 44.9 Å². The molecular formula is C31H52O5. The van der Waals surface area contributed by atoms with E-state index in [2.05, 4.69) is 41.2 Å². The fourth-order valence-electron chi connectivity index (χ4n) is 10.6. The summed E-state index contributed by atoms with van der Waals surface area (Å²) in [6.07, 6.45) is 6.66. The number of hydrogen-bond acceptors (Lipinski definition) is 4. The maximum absolute atomic E-state index is 11.8. The lowest BCUT2D eigenvalue weighted by Crippen LogP contribution is -2.66. The van der Waals surface area contributed by atoms with Gasteiger partial charge in [0.05, 0.1) is 23.7 Å². The topological polar surface area (TPSA) is 98.0 Å². The minimum absolute atomic E-state index is 0.00389. The van der Waals surface area contributed by atoms with Gasteiger partial charge in [0.1, 0.15) is 0 Å². The smallest absolute Gasteiger partial charge is 0.310 e. The molecule has 0 aliphatic heterocycles. The number of carboxylic acids is 1. The quantitative estimate of drug-likeness (QED) is 0.342. The number of aliphatic hydroxyl groups excluding tert-OH is 2. The van der Waals surface area contributed by atoms with E-state index >= 15 is 0 Å². The molecule has 0 aromatic carbocycles. The van der Waals surface area contributed by atoms with E-state index in [0.29, 0.717) is 30.3 Å². The average molecular weight is 505 g/mol. The van der Waals surface area contributed by atoms with Crippen LogP contribution in [0.5, 0.6) is 0 Å². The summed E-state index contributed by atoms with van der Waals surface area (Å²) in [5, 5.41) is 44.0. The van der Waals surface area contributed by atoms with Gasteiger partial charge in [-0.2, -0.15) is 0 Å². The molecule has 4 saturated carbocycles. The minimum atomic E-state index is -1.03. The lowest BCUT2D eigenvalue weighted by Gasteiger charge is -2.70. The van der Waals surface area contributed by atoms with E-state index in [-0.39, 0.29) is 39.6 Å². The lowest BCUT2D eigenvalue weighted by atomic mass is 9.35. The molecular weight excluding hydrogens is 452 g/mol. The zero-order valence-corrected chi connectivity index (χ0v) is 23.8. The highest BCUT2D eigenvalue weighted by Crippen LogP contribution is 2.75. The SMILES string of the molecule is C=C(C)[C@H](CC[C@](C)(O)[C@H]1CC[C@]2(C)C1[C@H](O)CC1[C@@]3(C)CC[C@H](O)C(C)(C)C3CC[C@]12C)C(=O)O. The van der Waals surface area contributed by atoms with Crippen LogP contribution in [0.3, 0.4) is 0 Å². The molecule has 3 unspecified atom stereocenters. The maximum Gasteiger partial charge on any atom is 0.310 e. The molecule has 0 aromatic rings. The van der Waals surface area contributed by atoms with E-state index in [1.807, 2.05) is 6.92 Å². The summed E-state index contributed by atoms with van der Waals surface area (Å²) in [7, 11) is 0. The molecule has 4 fully saturated rings. The van der Waals surface area contributed by atoms with Gasteiger partial charge in [-0.05, 0) is 117 Å². The fourth-order valence-corrected chi connectivity index (χ4v) is 10.6. The maximum atomic E-state index is 11.8. The molecule has 4 rings (SSSR count). The van der Waals surface area contributed by atoms with Gasteiger partial charge in [0.2, 0.25) is 0 Å². The molecule has 5 nitrogen and oxygen atoms in total. The molecule has 36 heavy (non-hydrogen) atoms. The first kappa shape index (κ1) is 28.1. The predicted molar refractivity (Wildman–Crippen MR) is 142 cm³/mol. The van der Waals surface area contributed by atoms with E-state index in [4.69, 9.17) is 0 Å². The number of fused-ring (bicyclic) bond motifs is 5. The van der Waals surface area contributed by atoms with Crippen LogP contribution in [0.25, 0.3) is 0 Å². The Hall–Kier alpha value is -0.910. The number of rotatable bonds is 6. The average Bonchev–Trinajstić information content (AvgIpc) is 3.13. The van der Waals surface area contributed by atoms with Crippen molar-refractivity contribution in [3.8, 4) is 0 Å².